The number of anilines is 1. The molecular formula is C13H11F3N2O. The Bertz CT molecular complexity index is 570. The Morgan fingerprint density at radius 1 is 1.16 bits per heavy atom. The van der Waals surface area contributed by atoms with Gasteiger partial charge in [0, 0.05) is 29.2 Å². The highest BCUT2D eigenvalue weighted by Crippen LogP contribution is 2.37. The van der Waals surface area contributed by atoms with Gasteiger partial charge in [-0.2, -0.15) is 13.2 Å². The smallest absolute Gasteiger partial charge is 0.398 e. The van der Waals surface area contributed by atoms with E-state index in [4.69, 9.17) is 5.73 Å². The molecule has 19 heavy (non-hydrogen) atoms. The molecule has 1 aromatic heterocycles. The van der Waals surface area contributed by atoms with Gasteiger partial charge in [-0.15, -0.1) is 0 Å². The number of aliphatic hydroxyl groups excluding tert-OH is 1. The molecule has 0 bridgehead atoms. The molecule has 0 saturated carbocycles. The van der Waals surface area contributed by atoms with Crippen LogP contribution in [0.4, 0.5) is 18.9 Å². The van der Waals surface area contributed by atoms with Crippen LogP contribution in [-0.2, 0) is 6.18 Å². The molecule has 1 aromatic carbocycles. The van der Waals surface area contributed by atoms with Gasteiger partial charge in [0.05, 0.1) is 5.56 Å². The molecule has 0 saturated heterocycles. The summed E-state index contributed by atoms with van der Waals surface area (Å²) in [6.07, 6.45) is -2.90. The Morgan fingerprint density at radius 3 is 2.47 bits per heavy atom. The van der Waals surface area contributed by atoms with Crippen molar-refractivity contribution in [2.45, 2.75) is 12.3 Å². The molecule has 0 fully saturated rings. The lowest BCUT2D eigenvalue weighted by atomic mass is 9.98. The van der Waals surface area contributed by atoms with Crippen molar-refractivity contribution in [3.05, 3.63) is 59.4 Å². The fourth-order valence-corrected chi connectivity index (χ4v) is 1.79. The normalized spacial score (nSPS) is 13.3. The number of hydrogen-bond acceptors (Lipinski definition) is 3. The minimum Gasteiger partial charge on any atom is -0.398 e. The summed E-state index contributed by atoms with van der Waals surface area (Å²) in [4.78, 5) is 3.81. The average Bonchev–Trinajstić information content (AvgIpc) is 2.38. The highest BCUT2D eigenvalue weighted by molar-refractivity contribution is 5.57. The lowest BCUT2D eigenvalue weighted by molar-refractivity contribution is -0.137. The molecule has 100 valence electrons. The van der Waals surface area contributed by atoms with Crippen molar-refractivity contribution in [2.24, 2.45) is 0 Å². The summed E-state index contributed by atoms with van der Waals surface area (Å²) in [7, 11) is 0. The molecule has 1 atom stereocenters. The SMILES string of the molecule is Nc1c(C(O)c2cccnc2)cccc1C(F)(F)F. The van der Waals surface area contributed by atoms with Gasteiger partial charge < -0.3 is 10.8 Å². The lowest BCUT2D eigenvalue weighted by Crippen LogP contribution is -2.13. The molecule has 0 amide bonds. The van der Waals surface area contributed by atoms with Crippen molar-refractivity contribution >= 4 is 5.69 Å². The second kappa shape index (κ2) is 4.89. The van der Waals surface area contributed by atoms with Crippen LogP contribution in [-0.4, -0.2) is 10.1 Å². The number of hydrogen-bond donors (Lipinski definition) is 2. The van der Waals surface area contributed by atoms with E-state index < -0.39 is 23.5 Å². The zero-order valence-electron chi connectivity index (χ0n) is 9.72. The number of pyridine rings is 1. The largest absolute Gasteiger partial charge is 0.418 e. The van der Waals surface area contributed by atoms with Gasteiger partial charge in [-0.1, -0.05) is 18.2 Å². The van der Waals surface area contributed by atoms with Crippen LogP contribution in [0.25, 0.3) is 0 Å². The first-order valence-corrected chi connectivity index (χ1v) is 5.45. The van der Waals surface area contributed by atoms with E-state index in [1.807, 2.05) is 0 Å². The van der Waals surface area contributed by atoms with E-state index in [2.05, 4.69) is 4.98 Å². The van der Waals surface area contributed by atoms with Crippen molar-refractivity contribution < 1.29 is 18.3 Å². The number of nitrogen functional groups attached to an aromatic ring is 1. The van der Waals surface area contributed by atoms with Crippen LogP contribution in [0.5, 0.6) is 0 Å². The summed E-state index contributed by atoms with van der Waals surface area (Å²) in [5.41, 5.74) is 4.49. The molecule has 1 heterocycles. The van der Waals surface area contributed by atoms with Crippen LogP contribution in [0.2, 0.25) is 0 Å². The Kier molecular flexibility index (Phi) is 3.44. The number of aromatic nitrogens is 1. The first-order valence-electron chi connectivity index (χ1n) is 5.45. The molecule has 0 aliphatic carbocycles. The van der Waals surface area contributed by atoms with Crippen LogP contribution >= 0.6 is 0 Å². The number of rotatable bonds is 2. The topological polar surface area (TPSA) is 59.1 Å². The average molecular weight is 268 g/mol. The quantitative estimate of drug-likeness (QED) is 0.823. The van der Waals surface area contributed by atoms with E-state index >= 15 is 0 Å². The summed E-state index contributed by atoms with van der Waals surface area (Å²) >= 11 is 0. The highest BCUT2D eigenvalue weighted by atomic mass is 19.4. The van der Waals surface area contributed by atoms with Crippen LogP contribution in [0.1, 0.15) is 22.8 Å². The maximum atomic E-state index is 12.7. The van der Waals surface area contributed by atoms with Crippen molar-refractivity contribution in [1.82, 2.24) is 4.98 Å². The van der Waals surface area contributed by atoms with Gasteiger partial charge in [0.25, 0.3) is 0 Å². The fourth-order valence-electron chi connectivity index (χ4n) is 1.79. The van der Waals surface area contributed by atoms with E-state index in [9.17, 15) is 18.3 Å². The van der Waals surface area contributed by atoms with Crippen LogP contribution < -0.4 is 5.73 Å². The van der Waals surface area contributed by atoms with Gasteiger partial charge in [0.15, 0.2) is 0 Å². The van der Waals surface area contributed by atoms with Crippen LogP contribution in [0.3, 0.4) is 0 Å². The molecule has 0 radical (unpaired) electrons. The maximum Gasteiger partial charge on any atom is 0.418 e. The highest BCUT2D eigenvalue weighted by Gasteiger charge is 2.34. The van der Waals surface area contributed by atoms with E-state index in [0.29, 0.717) is 5.56 Å². The van der Waals surface area contributed by atoms with E-state index in [1.54, 1.807) is 12.1 Å². The number of benzene rings is 1. The Balaban J connectivity index is 2.47. The summed E-state index contributed by atoms with van der Waals surface area (Å²) in [5, 5.41) is 10.1. The first kappa shape index (κ1) is 13.4. The maximum absolute atomic E-state index is 12.7. The van der Waals surface area contributed by atoms with Crippen LogP contribution in [0, 0.1) is 0 Å². The number of alkyl halides is 3. The molecule has 0 aliphatic heterocycles. The molecular weight excluding hydrogens is 257 g/mol. The minimum absolute atomic E-state index is 0.0165. The molecule has 6 heteroatoms. The van der Waals surface area contributed by atoms with Gasteiger partial charge >= 0.3 is 6.18 Å². The van der Waals surface area contributed by atoms with E-state index in [0.717, 1.165) is 6.07 Å². The van der Waals surface area contributed by atoms with Crippen LogP contribution in [0.15, 0.2) is 42.7 Å². The number of nitrogens with two attached hydrogens (primary N) is 1. The van der Waals surface area contributed by atoms with Gasteiger partial charge in [-0.05, 0) is 12.1 Å². The molecule has 3 N–H and O–H groups in total. The fraction of sp³-hybridized carbons (Fsp3) is 0.154. The summed E-state index contributed by atoms with van der Waals surface area (Å²) in [6.45, 7) is 0. The van der Waals surface area contributed by atoms with Gasteiger partial charge in [0.1, 0.15) is 6.10 Å². The molecule has 3 nitrogen and oxygen atoms in total. The zero-order valence-corrected chi connectivity index (χ0v) is 9.72. The predicted octanol–water partition coefficient (Wildman–Crippen LogP) is 2.76. The molecule has 2 rings (SSSR count). The van der Waals surface area contributed by atoms with Crippen molar-refractivity contribution in [2.75, 3.05) is 5.73 Å². The van der Waals surface area contributed by atoms with Gasteiger partial charge in [0.2, 0.25) is 0 Å². The number of nitrogens with zero attached hydrogens (tertiary/aromatic N) is 1. The third-order valence-electron chi connectivity index (χ3n) is 2.74. The molecule has 0 spiro atoms. The standard InChI is InChI=1S/C13H11F3N2O/c14-13(15,16)10-5-1-4-9(11(10)17)12(19)8-3-2-6-18-7-8/h1-7,12,19H,17H2. The Labute approximate surface area is 107 Å². The number of para-hydroxylation sites is 1. The summed E-state index contributed by atoms with van der Waals surface area (Å²) in [5.74, 6) is 0. The summed E-state index contributed by atoms with van der Waals surface area (Å²) in [6, 6.07) is 6.62. The lowest BCUT2D eigenvalue weighted by Gasteiger charge is -2.17. The minimum atomic E-state index is -4.55. The molecule has 0 aliphatic rings. The second-order valence-electron chi connectivity index (χ2n) is 4.00. The third-order valence-corrected chi connectivity index (χ3v) is 2.74. The number of halogens is 3. The molecule has 2 aromatic rings. The number of aliphatic hydroxyl groups is 1. The van der Waals surface area contributed by atoms with E-state index in [1.165, 1.54) is 24.5 Å². The summed E-state index contributed by atoms with van der Waals surface area (Å²) < 4.78 is 38.2. The Hall–Kier alpha value is -2.08. The zero-order chi connectivity index (χ0) is 14.0. The van der Waals surface area contributed by atoms with Gasteiger partial charge in [-0.25, -0.2) is 0 Å². The Morgan fingerprint density at radius 2 is 1.89 bits per heavy atom. The van der Waals surface area contributed by atoms with Crippen molar-refractivity contribution in [3.8, 4) is 0 Å². The van der Waals surface area contributed by atoms with E-state index in [-0.39, 0.29) is 5.56 Å². The van der Waals surface area contributed by atoms with Gasteiger partial charge in [-0.3, -0.25) is 4.98 Å². The third kappa shape index (κ3) is 2.68. The first-order chi connectivity index (χ1) is 8.91. The second-order valence-corrected chi connectivity index (χ2v) is 4.00. The van der Waals surface area contributed by atoms with Crippen molar-refractivity contribution in [1.29, 1.82) is 0 Å². The predicted molar refractivity (Wildman–Crippen MR) is 64.2 cm³/mol. The van der Waals surface area contributed by atoms with Crippen molar-refractivity contribution in [3.63, 3.8) is 0 Å². The molecule has 1 unspecified atom stereocenters. The monoisotopic (exact) mass is 268 g/mol.